The van der Waals surface area contributed by atoms with Gasteiger partial charge in [-0.1, -0.05) is 28.1 Å². The van der Waals surface area contributed by atoms with Crippen LogP contribution in [0.2, 0.25) is 0 Å². The summed E-state index contributed by atoms with van der Waals surface area (Å²) in [5.41, 5.74) is 7.54. The van der Waals surface area contributed by atoms with Crippen LogP contribution in [0.5, 0.6) is 0 Å². The zero-order valence-electron chi connectivity index (χ0n) is 9.16. The number of hydrogen-bond donors (Lipinski definition) is 2. The highest BCUT2D eigenvalue weighted by atomic mass is 79.9. The molecule has 1 aromatic carbocycles. The summed E-state index contributed by atoms with van der Waals surface area (Å²) >= 11 is 3.49. The lowest BCUT2D eigenvalue weighted by atomic mass is 9.87. The highest BCUT2D eigenvalue weighted by Crippen LogP contribution is 2.27. The Bertz CT molecular complexity index is 327. The number of hydrogen-bond acceptors (Lipinski definition) is 2. The second-order valence-electron chi connectivity index (χ2n) is 4.17. The van der Waals surface area contributed by atoms with E-state index in [-0.39, 0.29) is 18.4 Å². The zero-order chi connectivity index (χ0) is 10.7. The second kappa shape index (κ2) is 6.60. The summed E-state index contributed by atoms with van der Waals surface area (Å²) in [4.78, 5) is 0. The van der Waals surface area contributed by atoms with Crippen molar-refractivity contribution >= 4 is 28.3 Å². The monoisotopic (exact) mass is 304 g/mol. The van der Waals surface area contributed by atoms with E-state index in [2.05, 4.69) is 39.4 Å². The fraction of sp³-hybridized carbons (Fsp3) is 0.500. The number of piperidine rings is 1. The van der Waals surface area contributed by atoms with Gasteiger partial charge in [0.1, 0.15) is 0 Å². The Morgan fingerprint density at radius 1 is 1.31 bits per heavy atom. The molecular formula is C12H18BrClN2. The van der Waals surface area contributed by atoms with Crippen molar-refractivity contribution in [3.8, 4) is 0 Å². The van der Waals surface area contributed by atoms with E-state index in [0.717, 1.165) is 17.6 Å². The Morgan fingerprint density at radius 3 is 2.62 bits per heavy atom. The van der Waals surface area contributed by atoms with Gasteiger partial charge in [0.15, 0.2) is 0 Å². The summed E-state index contributed by atoms with van der Waals surface area (Å²) < 4.78 is 1.12. The molecule has 2 rings (SSSR count). The topological polar surface area (TPSA) is 38.0 Å². The molecular weight excluding hydrogens is 288 g/mol. The normalized spacial score (nSPS) is 18.9. The summed E-state index contributed by atoms with van der Waals surface area (Å²) in [7, 11) is 0. The van der Waals surface area contributed by atoms with Gasteiger partial charge < -0.3 is 11.1 Å². The highest BCUT2D eigenvalue weighted by Gasteiger charge is 2.21. The Balaban J connectivity index is 0.00000128. The molecule has 0 unspecified atom stereocenters. The van der Waals surface area contributed by atoms with Crippen molar-refractivity contribution < 1.29 is 0 Å². The molecule has 0 aromatic heterocycles. The zero-order valence-corrected chi connectivity index (χ0v) is 11.6. The standard InChI is InChI=1S/C12H17BrN2.ClH/c13-11-3-1-2-10(8-11)12(14)9-4-6-15-7-5-9;/h1-3,8-9,12,15H,4-7,14H2;1H/t12-;/m1./s1. The molecule has 0 radical (unpaired) electrons. The van der Waals surface area contributed by atoms with Crippen molar-refractivity contribution in [3.05, 3.63) is 34.3 Å². The number of rotatable bonds is 2. The average Bonchev–Trinajstić information content (AvgIpc) is 2.29. The largest absolute Gasteiger partial charge is 0.324 e. The maximum absolute atomic E-state index is 6.29. The van der Waals surface area contributed by atoms with Crippen LogP contribution in [0.1, 0.15) is 24.4 Å². The third-order valence-corrected chi connectivity index (χ3v) is 3.62. The van der Waals surface area contributed by atoms with Crippen LogP contribution in [0.3, 0.4) is 0 Å². The van der Waals surface area contributed by atoms with Gasteiger partial charge in [-0.3, -0.25) is 0 Å². The van der Waals surface area contributed by atoms with E-state index in [1.807, 2.05) is 6.07 Å². The Morgan fingerprint density at radius 2 is 2.00 bits per heavy atom. The molecule has 1 atom stereocenters. The SMILES string of the molecule is Cl.N[C@@H](c1cccc(Br)c1)C1CCNCC1. The fourth-order valence-corrected chi connectivity index (χ4v) is 2.61. The maximum atomic E-state index is 6.29. The molecule has 1 heterocycles. The molecule has 4 heteroatoms. The van der Waals surface area contributed by atoms with Crippen molar-refractivity contribution in [2.75, 3.05) is 13.1 Å². The summed E-state index contributed by atoms with van der Waals surface area (Å²) in [6.07, 6.45) is 2.38. The first-order chi connectivity index (χ1) is 7.27. The Kier molecular flexibility index (Phi) is 5.76. The summed E-state index contributed by atoms with van der Waals surface area (Å²) in [6, 6.07) is 8.54. The first-order valence-electron chi connectivity index (χ1n) is 5.49. The van der Waals surface area contributed by atoms with Gasteiger partial charge in [-0.05, 0) is 49.5 Å². The van der Waals surface area contributed by atoms with Crippen LogP contribution < -0.4 is 11.1 Å². The first-order valence-corrected chi connectivity index (χ1v) is 6.28. The molecule has 90 valence electrons. The minimum absolute atomic E-state index is 0. The van der Waals surface area contributed by atoms with Crippen molar-refractivity contribution in [1.82, 2.24) is 5.32 Å². The molecule has 0 saturated carbocycles. The summed E-state index contributed by atoms with van der Waals surface area (Å²) in [6.45, 7) is 2.21. The van der Waals surface area contributed by atoms with E-state index in [9.17, 15) is 0 Å². The van der Waals surface area contributed by atoms with E-state index in [1.165, 1.54) is 18.4 Å². The van der Waals surface area contributed by atoms with E-state index < -0.39 is 0 Å². The van der Waals surface area contributed by atoms with Crippen LogP contribution in [-0.4, -0.2) is 13.1 Å². The second-order valence-corrected chi connectivity index (χ2v) is 5.08. The van der Waals surface area contributed by atoms with Crippen LogP contribution in [-0.2, 0) is 0 Å². The van der Waals surface area contributed by atoms with Gasteiger partial charge in [-0.15, -0.1) is 12.4 Å². The van der Waals surface area contributed by atoms with Crippen molar-refractivity contribution in [2.45, 2.75) is 18.9 Å². The van der Waals surface area contributed by atoms with E-state index >= 15 is 0 Å². The lowest BCUT2D eigenvalue weighted by molar-refractivity contribution is 0.322. The fourth-order valence-electron chi connectivity index (χ4n) is 2.19. The number of benzene rings is 1. The molecule has 0 amide bonds. The minimum atomic E-state index is 0. The number of nitrogens with one attached hydrogen (secondary N) is 1. The third kappa shape index (κ3) is 3.45. The first kappa shape index (κ1) is 14.0. The van der Waals surface area contributed by atoms with Crippen LogP contribution >= 0.6 is 28.3 Å². The molecule has 2 nitrogen and oxygen atoms in total. The molecule has 0 spiro atoms. The van der Waals surface area contributed by atoms with Crippen LogP contribution in [0.25, 0.3) is 0 Å². The molecule has 3 N–H and O–H groups in total. The van der Waals surface area contributed by atoms with Crippen LogP contribution in [0.15, 0.2) is 28.7 Å². The molecule has 0 aliphatic carbocycles. The van der Waals surface area contributed by atoms with E-state index in [0.29, 0.717) is 5.92 Å². The quantitative estimate of drug-likeness (QED) is 0.882. The van der Waals surface area contributed by atoms with Crippen molar-refractivity contribution in [3.63, 3.8) is 0 Å². The summed E-state index contributed by atoms with van der Waals surface area (Å²) in [5, 5.41) is 3.37. The Labute approximate surface area is 112 Å². The van der Waals surface area contributed by atoms with Gasteiger partial charge in [0.2, 0.25) is 0 Å². The van der Waals surface area contributed by atoms with Gasteiger partial charge in [0.05, 0.1) is 0 Å². The predicted molar refractivity (Wildman–Crippen MR) is 73.9 cm³/mol. The molecule has 16 heavy (non-hydrogen) atoms. The van der Waals surface area contributed by atoms with Gasteiger partial charge >= 0.3 is 0 Å². The lowest BCUT2D eigenvalue weighted by Gasteiger charge is -2.28. The molecule has 1 saturated heterocycles. The highest BCUT2D eigenvalue weighted by molar-refractivity contribution is 9.10. The molecule has 1 aromatic rings. The molecule has 1 fully saturated rings. The van der Waals surface area contributed by atoms with Gasteiger partial charge in [0.25, 0.3) is 0 Å². The van der Waals surface area contributed by atoms with E-state index in [1.54, 1.807) is 0 Å². The maximum Gasteiger partial charge on any atom is 0.0324 e. The predicted octanol–water partition coefficient (Wildman–Crippen LogP) is 2.87. The van der Waals surface area contributed by atoms with Gasteiger partial charge in [-0.25, -0.2) is 0 Å². The molecule has 1 aliphatic heterocycles. The van der Waals surface area contributed by atoms with Gasteiger partial charge in [-0.2, -0.15) is 0 Å². The smallest absolute Gasteiger partial charge is 0.0324 e. The van der Waals surface area contributed by atoms with Gasteiger partial charge in [0, 0.05) is 10.5 Å². The molecule has 1 aliphatic rings. The number of halogens is 2. The van der Waals surface area contributed by atoms with E-state index in [4.69, 9.17) is 5.73 Å². The number of nitrogens with two attached hydrogens (primary N) is 1. The van der Waals surface area contributed by atoms with Crippen molar-refractivity contribution in [2.24, 2.45) is 11.7 Å². The van der Waals surface area contributed by atoms with Crippen LogP contribution in [0, 0.1) is 5.92 Å². The minimum Gasteiger partial charge on any atom is -0.324 e. The van der Waals surface area contributed by atoms with Crippen LogP contribution in [0.4, 0.5) is 0 Å². The Hall–Kier alpha value is -0.0900. The van der Waals surface area contributed by atoms with Crippen molar-refractivity contribution in [1.29, 1.82) is 0 Å². The molecule has 0 bridgehead atoms. The average molecular weight is 306 g/mol. The summed E-state index contributed by atoms with van der Waals surface area (Å²) in [5.74, 6) is 0.626. The lowest BCUT2D eigenvalue weighted by Crippen LogP contribution is -2.33. The third-order valence-electron chi connectivity index (χ3n) is 3.13.